The van der Waals surface area contributed by atoms with Crippen LogP contribution in [-0.2, 0) is 22.4 Å². The highest BCUT2D eigenvalue weighted by molar-refractivity contribution is 7.17. The lowest BCUT2D eigenvalue weighted by Crippen LogP contribution is -2.26. The van der Waals surface area contributed by atoms with Crippen molar-refractivity contribution in [1.29, 1.82) is 0 Å². The molecule has 0 spiro atoms. The van der Waals surface area contributed by atoms with Gasteiger partial charge in [0, 0.05) is 23.5 Å². The molecule has 1 N–H and O–H groups in total. The summed E-state index contributed by atoms with van der Waals surface area (Å²) in [6.07, 6.45) is 0.736. The number of benzene rings is 1. The second-order valence-electron chi connectivity index (χ2n) is 6.44. The lowest BCUT2D eigenvalue weighted by molar-refractivity contribution is 0.0525. The number of amides is 1. The van der Waals surface area contributed by atoms with Crippen molar-refractivity contribution in [2.24, 2.45) is 0 Å². The number of carbonyl (C=O) groups excluding carboxylic acids is 3. The number of methoxy groups -OCH3 is 1. The van der Waals surface area contributed by atoms with Gasteiger partial charge in [0.1, 0.15) is 5.00 Å². The normalized spacial score (nSPS) is 13.1. The van der Waals surface area contributed by atoms with E-state index in [1.807, 2.05) is 7.05 Å². The van der Waals surface area contributed by atoms with Crippen molar-refractivity contribution in [3.05, 3.63) is 51.4 Å². The zero-order valence-corrected chi connectivity index (χ0v) is 18.1. The molecule has 1 aromatic heterocycles. The summed E-state index contributed by atoms with van der Waals surface area (Å²) in [5.74, 6) is -1.23. The molecule has 7 nitrogen and oxygen atoms in total. The number of ether oxygens (including phenoxy) is 2. The van der Waals surface area contributed by atoms with Crippen LogP contribution in [-0.4, -0.2) is 50.1 Å². The zero-order chi connectivity index (χ0) is 20.3. The Morgan fingerprint density at radius 3 is 2.41 bits per heavy atom. The molecule has 0 fully saturated rings. The minimum Gasteiger partial charge on any atom is -0.465 e. The molecular weight excluding hydrogens is 416 g/mol. The van der Waals surface area contributed by atoms with E-state index in [2.05, 4.69) is 15.0 Å². The highest BCUT2D eigenvalue weighted by Crippen LogP contribution is 2.37. The summed E-state index contributed by atoms with van der Waals surface area (Å²) in [4.78, 5) is 40.0. The van der Waals surface area contributed by atoms with Gasteiger partial charge < -0.3 is 19.7 Å². The van der Waals surface area contributed by atoms with Crippen LogP contribution in [0.5, 0.6) is 0 Å². The summed E-state index contributed by atoms with van der Waals surface area (Å²) in [5, 5.41) is 3.35. The van der Waals surface area contributed by atoms with Gasteiger partial charge in [-0.1, -0.05) is 0 Å². The van der Waals surface area contributed by atoms with Crippen LogP contribution in [0.1, 0.15) is 48.4 Å². The number of carbonyl (C=O) groups is 3. The highest BCUT2D eigenvalue weighted by atomic mass is 35.5. The third-order valence-electron chi connectivity index (χ3n) is 4.52. The van der Waals surface area contributed by atoms with Gasteiger partial charge in [-0.15, -0.1) is 23.7 Å². The number of halogens is 1. The topological polar surface area (TPSA) is 84.9 Å². The molecular formula is C20H23ClN2O5S. The molecule has 1 amide bonds. The molecule has 1 aliphatic heterocycles. The van der Waals surface area contributed by atoms with Crippen LogP contribution >= 0.6 is 23.7 Å². The largest absolute Gasteiger partial charge is 0.465 e. The number of hydrogen-bond donors (Lipinski definition) is 1. The van der Waals surface area contributed by atoms with E-state index in [1.165, 1.54) is 30.6 Å². The average Bonchev–Trinajstić information content (AvgIpc) is 3.04. The number of rotatable bonds is 5. The van der Waals surface area contributed by atoms with Gasteiger partial charge in [-0.3, -0.25) is 4.79 Å². The zero-order valence-electron chi connectivity index (χ0n) is 16.4. The maximum atomic E-state index is 12.7. The van der Waals surface area contributed by atoms with Gasteiger partial charge in [-0.2, -0.15) is 0 Å². The number of nitrogens with one attached hydrogen (secondary N) is 1. The Hall–Kier alpha value is -2.42. The minimum atomic E-state index is -0.466. The van der Waals surface area contributed by atoms with E-state index < -0.39 is 11.9 Å². The molecule has 0 saturated heterocycles. The molecule has 3 rings (SSSR count). The van der Waals surface area contributed by atoms with Gasteiger partial charge >= 0.3 is 11.9 Å². The van der Waals surface area contributed by atoms with Gasteiger partial charge in [0.15, 0.2) is 0 Å². The molecule has 0 atom stereocenters. The fourth-order valence-corrected chi connectivity index (χ4v) is 4.40. The molecule has 1 aliphatic rings. The molecule has 0 radical (unpaired) electrons. The summed E-state index contributed by atoms with van der Waals surface area (Å²) >= 11 is 1.41. The summed E-state index contributed by atoms with van der Waals surface area (Å²) in [6, 6.07) is 6.16. The number of esters is 2. The van der Waals surface area contributed by atoms with Crippen LogP contribution in [0.4, 0.5) is 5.00 Å². The van der Waals surface area contributed by atoms with Gasteiger partial charge in [-0.05, 0) is 50.2 Å². The molecule has 1 aromatic carbocycles. The maximum Gasteiger partial charge on any atom is 0.341 e. The number of likely N-dealkylation sites (N-methyl/N-ethyl adjacent to an activating group) is 1. The molecule has 29 heavy (non-hydrogen) atoms. The quantitative estimate of drug-likeness (QED) is 0.720. The molecule has 9 heteroatoms. The van der Waals surface area contributed by atoms with Gasteiger partial charge in [0.25, 0.3) is 5.91 Å². The van der Waals surface area contributed by atoms with Crippen LogP contribution in [0.15, 0.2) is 24.3 Å². The number of fused-ring (bicyclic) bond motifs is 1. The standard InChI is InChI=1S/C20H22N2O5S.ClH/c1-4-27-20(25)16-14-9-10-22(2)11-15(14)28-18(16)21-17(23)12-5-7-13(8-6-12)19(24)26-3;/h5-8H,4,9-11H2,1-3H3,(H,21,23);1H. The lowest BCUT2D eigenvalue weighted by atomic mass is 10.0. The van der Waals surface area contributed by atoms with E-state index in [-0.39, 0.29) is 24.9 Å². The molecule has 0 unspecified atom stereocenters. The third-order valence-corrected chi connectivity index (χ3v) is 5.65. The second-order valence-corrected chi connectivity index (χ2v) is 7.54. The average molecular weight is 439 g/mol. The molecule has 0 bridgehead atoms. The predicted molar refractivity (Wildman–Crippen MR) is 113 cm³/mol. The fourth-order valence-electron chi connectivity index (χ4n) is 3.09. The summed E-state index contributed by atoms with van der Waals surface area (Å²) in [5.41, 5.74) is 2.15. The van der Waals surface area contributed by atoms with Gasteiger partial charge in [0.05, 0.1) is 24.8 Å². The van der Waals surface area contributed by atoms with Crippen LogP contribution in [0.25, 0.3) is 0 Å². The van der Waals surface area contributed by atoms with Crippen molar-refractivity contribution in [3.8, 4) is 0 Å². The molecule has 156 valence electrons. The van der Waals surface area contributed by atoms with Gasteiger partial charge in [-0.25, -0.2) is 9.59 Å². The van der Waals surface area contributed by atoms with E-state index in [9.17, 15) is 14.4 Å². The first-order valence-corrected chi connectivity index (χ1v) is 9.76. The van der Waals surface area contributed by atoms with E-state index in [4.69, 9.17) is 4.74 Å². The third kappa shape index (κ3) is 4.95. The van der Waals surface area contributed by atoms with Crippen molar-refractivity contribution >= 4 is 46.6 Å². The lowest BCUT2D eigenvalue weighted by Gasteiger charge is -2.22. The number of anilines is 1. The van der Waals surface area contributed by atoms with E-state index in [0.717, 1.165) is 30.0 Å². The van der Waals surface area contributed by atoms with E-state index in [1.54, 1.807) is 19.1 Å². The van der Waals surface area contributed by atoms with Crippen molar-refractivity contribution in [2.75, 3.05) is 32.6 Å². The predicted octanol–water partition coefficient (Wildman–Crippen LogP) is 3.37. The molecule has 2 heterocycles. The number of nitrogens with zero attached hydrogens (tertiary/aromatic N) is 1. The second kappa shape index (κ2) is 9.87. The monoisotopic (exact) mass is 438 g/mol. The first-order valence-electron chi connectivity index (χ1n) is 8.94. The van der Waals surface area contributed by atoms with Crippen molar-refractivity contribution in [1.82, 2.24) is 4.90 Å². The van der Waals surface area contributed by atoms with Crippen molar-refractivity contribution < 1.29 is 23.9 Å². The maximum absolute atomic E-state index is 12.7. The summed E-state index contributed by atoms with van der Waals surface area (Å²) in [6.45, 7) is 3.60. The Bertz CT molecular complexity index is 910. The molecule has 2 aromatic rings. The van der Waals surface area contributed by atoms with Gasteiger partial charge in [0.2, 0.25) is 0 Å². The highest BCUT2D eigenvalue weighted by Gasteiger charge is 2.28. The van der Waals surface area contributed by atoms with E-state index >= 15 is 0 Å². The van der Waals surface area contributed by atoms with E-state index in [0.29, 0.717) is 21.7 Å². The van der Waals surface area contributed by atoms with Crippen LogP contribution < -0.4 is 5.32 Å². The Kier molecular flexibility index (Phi) is 7.78. The van der Waals surface area contributed by atoms with Crippen LogP contribution in [0, 0.1) is 0 Å². The summed E-state index contributed by atoms with van der Waals surface area (Å²) in [7, 11) is 3.32. The van der Waals surface area contributed by atoms with Crippen LogP contribution in [0.3, 0.4) is 0 Å². The number of hydrogen-bond acceptors (Lipinski definition) is 7. The Labute approximate surface area is 179 Å². The minimum absolute atomic E-state index is 0. The fraction of sp³-hybridized carbons (Fsp3) is 0.350. The first-order chi connectivity index (χ1) is 13.4. The SMILES string of the molecule is CCOC(=O)c1c(NC(=O)c2ccc(C(=O)OC)cc2)sc2c1CCN(C)C2.Cl. The Morgan fingerprint density at radius 2 is 1.79 bits per heavy atom. The molecule has 0 aliphatic carbocycles. The number of thiophene rings is 1. The Morgan fingerprint density at radius 1 is 1.14 bits per heavy atom. The van der Waals surface area contributed by atoms with Crippen molar-refractivity contribution in [2.45, 2.75) is 19.9 Å². The Balaban J connectivity index is 0.00000300. The first kappa shape index (κ1) is 22.9. The van der Waals surface area contributed by atoms with Crippen LogP contribution in [0.2, 0.25) is 0 Å². The smallest absolute Gasteiger partial charge is 0.341 e. The molecule has 0 saturated carbocycles. The van der Waals surface area contributed by atoms with Crippen molar-refractivity contribution in [3.63, 3.8) is 0 Å². The summed E-state index contributed by atoms with van der Waals surface area (Å²) < 4.78 is 9.87.